The van der Waals surface area contributed by atoms with Gasteiger partial charge in [-0.3, -0.25) is 5.43 Å². The van der Waals surface area contributed by atoms with E-state index in [-0.39, 0.29) is 0 Å². The van der Waals surface area contributed by atoms with E-state index < -0.39 is 0 Å². The van der Waals surface area contributed by atoms with Gasteiger partial charge in [0.2, 0.25) is 0 Å². The summed E-state index contributed by atoms with van der Waals surface area (Å²) in [6, 6.07) is 21.9. The van der Waals surface area contributed by atoms with Crippen LogP contribution in [0.5, 0.6) is 11.5 Å². The largest absolute Gasteiger partial charge is 0.490 e. The fourth-order valence-corrected chi connectivity index (χ4v) is 3.51. The zero-order valence-electron chi connectivity index (χ0n) is 16.9. The third-order valence-corrected chi connectivity index (χ3v) is 5.13. The Morgan fingerprint density at radius 1 is 0.833 bits per heavy atom. The molecule has 1 heterocycles. The summed E-state index contributed by atoms with van der Waals surface area (Å²) in [6.45, 7) is 5.05. The molecule has 0 saturated carbocycles. The number of benzene rings is 3. The van der Waals surface area contributed by atoms with Gasteiger partial charge in [0.15, 0.2) is 17.3 Å². The molecule has 0 bridgehead atoms. The molecule has 1 aliphatic heterocycles. The Morgan fingerprint density at radius 2 is 1.53 bits per heavy atom. The van der Waals surface area contributed by atoms with Gasteiger partial charge in [-0.05, 0) is 50.2 Å². The van der Waals surface area contributed by atoms with Gasteiger partial charge in [0.25, 0.3) is 0 Å². The Morgan fingerprint density at radius 3 is 2.30 bits per heavy atom. The highest BCUT2D eigenvalue weighted by molar-refractivity contribution is 9.10. The molecule has 30 heavy (non-hydrogen) atoms. The number of para-hydroxylation sites is 1. The average Bonchev–Trinajstić information content (AvgIpc) is 2.96. The number of aliphatic imine (C=N–C) groups is 1. The van der Waals surface area contributed by atoms with Crippen molar-refractivity contribution in [1.82, 2.24) is 5.43 Å². The van der Waals surface area contributed by atoms with Crippen LogP contribution in [0.2, 0.25) is 0 Å². The van der Waals surface area contributed by atoms with Crippen molar-refractivity contribution in [3.05, 3.63) is 87.9 Å². The van der Waals surface area contributed by atoms with Crippen molar-refractivity contribution < 1.29 is 9.47 Å². The minimum atomic E-state index is 0.557. The van der Waals surface area contributed by atoms with Gasteiger partial charge in [-0.1, -0.05) is 46.3 Å². The Kier molecular flexibility index (Phi) is 6.14. The summed E-state index contributed by atoms with van der Waals surface area (Å²) in [4.78, 5) is 4.84. The number of amidine groups is 1. The van der Waals surface area contributed by atoms with Crippen LogP contribution in [0, 0.1) is 0 Å². The molecule has 0 atom stereocenters. The van der Waals surface area contributed by atoms with Crippen LogP contribution in [0.3, 0.4) is 0 Å². The predicted octanol–water partition coefficient (Wildman–Crippen LogP) is 5.68. The Labute approximate surface area is 184 Å². The highest BCUT2D eigenvalue weighted by atomic mass is 79.9. The number of nitrogens with one attached hydrogen (secondary N) is 1. The van der Waals surface area contributed by atoms with Gasteiger partial charge in [0.1, 0.15) is 5.71 Å². The third-order valence-electron chi connectivity index (χ3n) is 4.60. The van der Waals surface area contributed by atoms with E-state index in [1.807, 2.05) is 80.6 Å². The summed E-state index contributed by atoms with van der Waals surface area (Å²) in [7, 11) is 0. The summed E-state index contributed by atoms with van der Waals surface area (Å²) in [5.41, 5.74) is 7.64. The van der Waals surface area contributed by atoms with Crippen molar-refractivity contribution in [2.45, 2.75) is 13.8 Å². The van der Waals surface area contributed by atoms with Crippen LogP contribution in [0.25, 0.3) is 0 Å². The summed E-state index contributed by atoms with van der Waals surface area (Å²) >= 11 is 3.48. The molecule has 0 amide bonds. The predicted molar refractivity (Wildman–Crippen MR) is 124 cm³/mol. The van der Waals surface area contributed by atoms with Gasteiger partial charge >= 0.3 is 0 Å². The molecule has 0 radical (unpaired) electrons. The highest BCUT2D eigenvalue weighted by Crippen LogP contribution is 2.32. The van der Waals surface area contributed by atoms with Crippen LogP contribution in [0.15, 0.2) is 81.3 Å². The normalized spacial score (nSPS) is 12.8. The van der Waals surface area contributed by atoms with E-state index in [2.05, 4.69) is 21.4 Å². The summed E-state index contributed by atoms with van der Waals surface area (Å²) < 4.78 is 12.5. The van der Waals surface area contributed by atoms with Crippen molar-refractivity contribution >= 4 is 33.2 Å². The number of rotatable bonds is 6. The van der Waals surface area contributed by atoms with Crippen molar-refractivity contribution in [3.63, 3.8) is 0 Å². The fourth-order valence-electron chi connectivity index (χ4n) is 3.24. The first kappa shape index (κ1) is 20.2. The molecule has 4 rings (SSSR count). The molecule has 1 aliphatic rings. The van der Waals surface area contributed by atoms with Crippen LogP contribution >= 0.6 is 15.9 Å². The number of fused-ring (bicyclic) bond motifs is 1. The van der Waals surface area contributed by atoms with Gasteiger partial charge in [0.05, 0.1) is 18.9 Å². The first-order valence-corrected chi connectivity index (χ1v) is 10.7. The van der Waals surface area contributed by atoms with E-state index in [0.717, 1.165) is 38.3 Å². The van der Waals surface area contributed by atoms with Crippen LogP contribution in [0.1, 0.15) is 30.5 Å². The lowest BCUT2D eigenvalue weighted by Gasteiger charge is -2.14. The third kappa shape index (κ3) is 4.24. The van der Waals surface area contributed by atoms with Crippen LogP contribution < -0.4 is 14.9 Å². The number of hydrazone groups is 1. The lowest BCUT2D eigenvalue weighted by Crippen LogP contribution is -2.19. The Balaban J connectivity index is 1.78. The summed E-state index contributed by atoms with van der Waals surface area (Å²) in [5.74, 6) is 2.13. The maximum Gasteiger partial charge on any atom is 0.161 e. The van der Waals surface area contributed by atoms with Crippen LogP contribution in [0.4, 0.5) is 5.69 Å². The molecule has 3 aromatic rings. The maximum absolute atomic E-state index is 5.81. The molecule has 0 fully saturated rings. The van der Waals surface area contributed by atoms with E-state index in [9.17, 15) is 0 Å². The SMILES string of the molecule is CCOc1ccc(C2=NNC(c3ccc(Br)cc3)=Nc3ccccc32)cc1OCC. The second-order valence-electron chi connectivity index (χ2n) is 6.58. The molecular formula is C24H22BrN3O2. The second kappa shape index (κ2) is 9.13. The van der Waals surface area contributed by atoms with Gasteiger partial charge in [-0.2, -0.15) is 5.10 Å². The molecule has 152 valence electrons. The van der Waals surface area contributed by atoms with E-state index >= 15 is 0 Å². The molecular weight excluding hydrogens is 442 g/mol. The quantitative estimate of drug-likeness (QED) is 0.511. The number of hydrogen-bond acceptors (Lipinski definition) is 5. The number of halogens is 1. The summed E-state index contributed by atoms with van der Waals surface area (Å²) in [6.07, 6.45) is 0. The van der Waals surface area contributed by atoms with Gasteiger partial charge in [-0.15, -0.1) is 0 Å². The first-order chi connectivity index (χ1) is 14.7. The maximum atomic E-state index is 5.81. The molecule has 0 aliphatic carbocycles. The van der Waals surface area contributed by atoms with Crippen LogP contribution in [-0.4, -0.2) is 24.8 Å². The first-order valence-electron chi connectivity index (χ1n) is 9.87. The molecule has 0 unspecified atom stereocenters. The molecule has 6 heteroatoms. The number of ether oxygens (including phenoxy) is 2. The minimum Gasteiger partial charge on any atom is -0.490 e. The van der Waals surface area contributed by atoms with Crippen molar-refractivity contribution in [3.8, 4) is 11.5 Å². The summed E-state index contributed by atoms with van der Waals surface area (Å²) in [5, 5.41) is 4.72. The van der Waals surface area contributed by atoms with E-state index in [1.165, 1.54) is 0 Å². The lowest BCUT2D eigenvalue weighted by molar-refractivity contribution is 0.287. The zero-order valence-corrected chi connectivity index (χ0v) is 18.4. The van der Waals surface area contributed by atoms with E-state index in [0.29, 0.717) is 24.8 Å². The standard InChI is InChI=1S/C24H22BrN3O2/c1-3-29-21-14-11-17(15-22(21)30-4-2)23-19-7-5-6-8-20(19)26-24(28-27-23)16-9-12-18(25)13-10-16/h5-15H,3-4H2,1-2H3,(H,26,28). The van der Waals surface area contributed by atoms with Gasteiger partial charge in [-0.25, -0.2) is 4.99 Å². The topological polar surface area (TPSA) is 55.2 Å². The van der Waals surface area contributed by atoms with E-state index in [4.69, 9.17) is 19.6 Å². The van der Waals surface area contributed by atoms with Crippen molar-refractivity contribution in [1.29, 1.82) is 0 Å². The number of hydrogen-bond donors (Lipinski definition) is 1. The molecule has 3 aromatic carbocycles. The van der Waals surface area contributed by atoms with Crippen molar-refractivity contribution in [2.24, 2.45) is 10.1 Å². The van der Waals surface area contributed by atoms with Crippen LogP contribution in [-0.2, 0) is 0 Å². The van der Waals surface area contributed by atoms with Gasteiger partial charge < -0.3 is 9.47 Å². The Bertz CT molecular complexity index is 1110. The van der Waals surface area contributed by atoms with Crippen molar-refractivity contribution in [2.75, 3.05) is 13.2 Å². The number of nitrogens with zero attached hydrogens (tertiary/aromatic N) is 2. The highest BCUT2D eigenvalue weighted by Gasteiger charge is 2.18. The Hall–Kier alpha value is -3.12. The fraction of sp³-hybridized carbons (Fsp3) is 0.167. The zero-order chi connectivity index (χ0) is 20.9. The monoisotopic (exact) mass is 463 g/mol. The molecule has 0 aromatic heterocycles. The smallest absolute Gasteiger partial charge is 0.161 e. The molecule has 1 N–H and O–H groups in total. The lowest BCUT2D eigenvalue weighted by atomic mass is 10.0. The minimum absolute atomic E-state index is 0.557. The molecule has 0 spiro atoms. The molecule has 5 nitrogen and oxygen atoms in total. The molecule has 0 saturated heterocycles. The average molecular weight is 464 g/mol. The second-order valence-corrected chi connectivity index (χ2v) is 7.50. The van der Waals surface area contributed by atoms with Gasteiger partial charge in [0, 0.05) is 21.2 Å². The van der Waals surface area contributed by atoms with E-state index in [1.54, 1.807) is 0 Å².